The molecule has 0 saturated carbocycles. The molecule has 1 amide bonds. The van der Waals surface area contributed by atoms with Crippen molar-refractivity contribution in [1.29, 1.82) is 0 Å². The van der Waals surface area contributed by atoms with Crippen molar-refractivity contribution in [2.45, 2.75) is 495 Å². The van der Waals surface area contributed by atoms with E-state index >= 15 is 0 Å². The van der Waals surface area contributed by atoms with Crippen molar-refractivity contribution in [3.05, 3.63) is 24.3 Å². The van der Waals surface area contributed by atoms with Crippen molar-refractivity contribution in [2.75, 3.05) is 13.2 Å². The van der Waals surface area contributed by atoms with Crippen molar-refractivity contribution in [1.82, 2.24) is 5.32 Å². The molecule has 0 aromatic heterocycles. The van der Waals surface area contributed by atoms with Crippen LogP contribution in [0.3, 0.4) is 0 Å². The zero-order chi connectivity index (χ0) is 65.6. The molecule has 0 bridgehead atoms. The van der Waals surface area contributed by atoms with E-state index < -0.39 is 12.1 Å². The molecule has 0 aromatic carbocycles. The highest BCUT2D eigenvalue weighted by Gasteiger charge is 2.18. The van der Waals surface area contributed by atoms with Crippen molar-refractivity contribution in [3.63, 3.8) is 0 Å². The van der Waals surface area contributed by atoms with Gasteiger partial charge in [0.25, 0.3) is 0 Å². The Hall–Kier alpha value is -1.66. The summed E-state index contributed by atoms with van der Waals surface area (Å²) in [5.74, 6) is -0.0351. The summed E-state index contributed by atoms with van der Waals surface area (Å²) in [4.78, 5) is 24.7. The molecule has 0 fully saturated rings. The van der Waals surface area contributed by atoms with Crippen molar-refractivity contribution >= 4 is 11.9 Å². The van der Waals surface area contributed by atoms with E-state index in [0.29, 0.717) is 19.4 Å². The monoisotopic (exact) mass is 1280 g/mol. The smallest absolute Gasteiger partial charge is 0.305 e. The van der Waals surface area contributed by atoms with E-state index in [9.17, 15) is 19.8 Å². The Balaban J connectivity index is 3.35. The Morgan fingerprint density at radius 2 is 0.516 bits per heavy atom. The number of aliphatic hydroxyl groups is 2. The van der Waals surface area contributed by atoms with Crippen molar-refractivity contribution in [2.24, 2.45) is 0 Å². The van der Waals surface area contributed by atoms with Crippen LogP contribution in [-0.2, 0) is 14.3 Å². The molecule has 0 spiro atoms. The maximum atomic E-state index is 12.6. The van der Waals surface area contributed by atoms with E-state index in [-0.39, 0.29) is 18.5 Å². The molecule has 0 radical (unpaired) electrons. The number of nitrogens with one attached hydrogen (secondary N) is 1. The van der Waals surface area contributed by atoms with Gasteiger partial charge in [0.1, 0.15) is 0 Å². The van der Waals surface area contributed by atoms with Crippen LogP contribution in [0.1, 0.15) is 483 Å². The predicted octanol–water partition coefficient (Wildman–Crippen LogP) is 28.0. The summed E-state index contributed by atoms with van der Waals surface area (Å²) in [5, 5.41) is 23.3. The second-order valence-electron chi connectivity index (χ2n) is 29.2. The Kier molecular flexibility index (Phi) is 79.3. The molecule has 0 aliphatic rings. The second-order valence-corrected chi connectivity index (χ2v) is 29.2. The molecular formula is C85H165NO5. The number of allylic oxidation sites excluding steroid dienone is 3. The van der Waals surface area contributed by atoms with Crippen LogP contribution in [0.4, 0.5) is 0 Å². The van der Waals surface area contributed by atoms with Crippen LogP contribution in [0.15, 0.2) is 24.3 Å². The number of hydrogen-bond acceptors (Lipinski definition) is 5. The minimum Gasteiger partial charge on any atom is -0.466 e. The number of unbranched alkanes of at least 4 members (excludes halogenated alkanes) is 67. The standard InChI is InChI=1S/C85H165NO5/c1-3-5-7-9-11-13-15-17-19-21-23-24-38-42-45-49-53-57-61-65-69-73-77-83(88)82(81-87)86-84(89)78-74-70-66-62-58-54-50-46-43-39-36-34-32-30-28-26-25-27-29-31-33-35-37-40-44-48-52-56-60-64-68-72-76-80-91-85(90)79-75-71-67-63-59-55-51-47-41-22-20-18-16-14-12-10-8-6-4-2/h29,31,73,77,82-83,87-88H,3-28,30,32-72,74-76,78-81H2,1-2H3,(H,86,89)/b31-29-,77-73+. The third-order valence-corrected chi connectivity index (χ3v) is 20.0. The lowest BCUT2D eigenvalue weighted by Gasteiger charge is -2.20. The molecule has 0 aliphatic heterocycles. The Morgan fingerprint density at radius 1 is 0.297 bits per heavy atom. The summed E-state index contributed by atoms with van der Waals surface area (Å²) in [6.07, 6.45) is 105. The van der Waals surface area contributed by atoms with Gasteiger partial charge in [-0.2, -0.15) is 0 Å². The molecule has 0 heterocycles. The van der Waals surface area contributed by atoms with Gasteiger partial charge < -0.3 is 20.3 Å². The molecule has 0 saturated heterocycles. The number of esters is 1. The van der Waals surface area contributed by atoms with E-state index in [2.05, 4.69) is 31.3 Å². The van der Waals surface area contributed by atoms with Crippen molar-refractivity contribution in [3.8, 4) is 0 Å². The van der Waals surface area contributed by atoms with Gasteiger partial charge in [-0.25, -0.2) is 0 Å². The number of carbonyl (C=O) groups is 2. The Morgan fingerprint density at radius 3 is 0.780 bits per heavy atom. The number of aliphatic hydroxyl groups excluding tert-OH is 2. The normalized spacial score (nSPS) is 12.5. The summed E-state index contributed by atoms with van der Waals surface area (Å²) >= 11 is 0. The number of ether oxygens (including phenoxy) is 1. The average Bonchev–Trinajstić information content (AvgIpc) is 3.64. The van der Waals surface area contributed by atoms with Gasteiger partial charge in [0.05, 0.1) is 25.4 Å². The summed E-state index contributed by atoms with van der Waals surface area (Å²) < 4.78 is 5.52. The van der Waals surface area contributed by atoms with Crippen LogP contribution in [0, 0.1) is 0 Å². The molecule has 2 atom stereocenters. The minimum atomic E-state index is -0.844. The topological polar surface area (TPSA) is 95.9 Å². The lowest BCUT2D eigenvalue weighted by atomic mass is 10.0. The Labute approximate surface area is 571 Å². The average molecular weight is 1280 g/mol. The predicted molar refractivity (Wildman–Crippen MR) is 403 cm³/mol. The molecule has 6 heteroatoms. The SMILES string of the molecule is CCCCCCCCCCCCCCCCCCCCCC/C=C/C(O)C(CO)NC(=O)CCCCCCCCCCCCCCCCCCC/C=C\CCCCCCCCCCCCCCOC(=O)CCCCCCCCCCCCCCCCCCCCC. The molecule has 91 heavy (non-hydrogen) atoms. The van der Waals surface area contributed by atoms with Crippen LogP contribution in [-0.4, -0.2) is 47.4 Å². The fourth-order valence-corrected chi connectivity index (χ4v) is 13.6. The zero-order valence-corrected chi connectivity index (χ0v) is 62.1. The lowest BCUT2D eigenvalue weighted by Crippen LogP contribution is -2.45. The highest BCUT2D eigenvalue weighted by molar-refractivity contribution is 5.76. The van der Waals surface area contributed by atoms with E-state index in [1.807, 2.05) is 6.08 Å². The highest BCUT2D eigenvalue weighted by Crippen LogP contribution is 2.20. The van der Waals surface area contributed by atoms with Crippen LogP contribution < -0.4 is 5.32 Å². The van der Waals surface area contributed by atoms with Gasteiger partial charge in [-0.15, -0.1) is 0 Å². The third-order valence-electron chi connectivity index (χ3n) is 20.0. The van der Waals surface area contributed by atoms with Gasteiger partial charge in [0.15, 0.2) is 0 Å². The lowest BCUT2D eigenvalue weighted by molar-refractivity contribution is -0.143. The van der Waals surface area contributed by atoms with E-state index in [1.165, 1.54) is 417 Å². The second kappa shape index (κ2) is 80.8. The first-order chi connectivity index (χ1) is 45.0. The molecule has 540 valence electrons. The third kappa shape index (κ3) is 77.2. The quantitative estimate of drug-likeness (QED) is 0.0320. The molecule has 0 aliphatic carbocycles. The first kappa shape index (κ1) is 89.3. The number of carbonyl (C=O) groups excluding carboxylic acids is 2. The largest absolute Gasteiger partial charge is 0.466 e. The number of hydrogen-bond donors (Lipinski definition) is 3. The zero-order valence-electron chi connectivity index (χ0n) is 62.1. The molecular weight excluding hydrogens is 1110 g/mol. The van der Waals surface area contributed by atoms with Crippen LogP contribution >= 0.6 is 0 Å². The van der Waals surface area contributed by atoms with Crippen LogP contribution in [0.5, 0.6) is 0 Å². The molecule has 0 rings (SSSR count). The van der Waals surface area contributed by atoms with Gasteiger partial charge in [0.2, 0.25) is 5.91 Å². The number of rotatable bonds is 80. The van der Waals surface area contributed by atoms with E-state index in [4.69, 9.17) is 4.74 Å². The summed E-state index contributed by atoms with van der Waals surface area (Å²) in [6, 6.07) is -0.627. The summed E-state index contributed by atoms with van der Waals surface area (Å²) in [7, 11) is 0. The first-order valence-electron chi connectivity index (χ1n) is 42.1. The molecule has 6 nitrogen and oxygen atoms in total. The molecule has 0 aromatic rings. The van der Waals surface area contributed by atoms with Gasteiger partial charge in [-0.1, -0.05) is 436 Å². The van der Waals surface area contributed by atoms with Gasteiger partial charge in [0, 0.05) is 12.8 Å². The highest BCUT2D eigenvalue weighted by atomic mass is 16.5. The summed E-state index contributed by atoms with van der Waals surface area (Å²) in [6.45, 7) is 4.97. The van der Waals surface area contributed by atoms with Crippen molar-refractivity contribution < 1.29 is 24.5 Å². The van der Waals surface area contributed by atoms with Gasteiger partial charge in [-0.05, 0) is 57.8 Å². The fraction of sp³-hybridized carbons (Fsp3) is 0.929. The van der Waals surface area contributed by atoms with Crippen LogP contribution in [0.25, 0.3) is 0 Å². The molecule has 2 unspecified atom stereocenters. The van der Waals surface area contributed by atoms with Gasteiger partial charge >= 0.3 is 5.97 Å². The molecule has 3 N–H and O–H groups in total. The maximum absolute atomic E-state index is 12.6. The van der Waals surface area contributed by atoms with E-state index in [1.54, 1.807) is 6.08 Å². The fourth-order valence-electron chi connectivity index (χ4n) is 13.6. The number of amides is 1. The minimum absolute atomic E-state index is 0.0245. The van der Waals surface area contributed by atoms with Gasteiger partial charge in [-0.3, -0.25) is 9.59 Å². The first-order valence-corrected chi connectivity index (χ1v) is 42.1. The Bertz CT molecular complexity index is 1430. The van der Waals surface area contributed by atoms with E-state index in [0.717, 1.165) is 38.5 Å². The maximum Gasteiger partial charge on any atom is 0.305 e. The summed E-state index contributed by atoms with van der Waals surface area (Å²) in [5.41, 5.74) is 0. The van der Waals surface area contributed by atoms with Crippen LogP contribution in [0.2, 0.25) is 0 Å².